The van der Waals surface area contributed by atoms with Gasteiger partial charge in [-0.15, -0.1) is 0 Å². The number of fused-ring (bicyclic) bond motifs is 1. The molecule has 4 rings (SSSR count). The summed E-state index contributed by atoms with van der Waals surface area (Å²) in [4.78, 5) is 37.9. The van der Waals surface area contributed by atoms with E-state index in [1.54, 1.807) is 30.0 Å². The second-order valence-corrected chi connectivity index (χ2v) is 8.11. The lowest BCUT2D eigenvalue weighted by Gasteiger charge is -2.25. The molecule has 2 fully saturated rings. The van der Waals surface area contributed by atoms with Crippen LogP contribution in [0.25, 0.3) is 11.1 Å². The summed E-state index contributed by atoms with van der Waals surface area (Å²) < 4.78 is 5.55. The van der Waals surface area contributed by atoms with Crippen molar-refractivity contribution in [3.63, 3.8) is 0 Å². The van der Waals surface area contributed by atoms with Crippen LogP contribution < -0.4 is 10.6 Å². The Morgan fingerprint density at radius 3 is 2.84 bits per heavy atom. The van der Waals surface area contributed by atoms with Crippen molar-refractivity contribution in [1.82, 2.24) is 20.1 Å². The van der Waals surface area contributed by atoms with E-state index in [0.29, 0.717) is 30.1 Å². The highest BCUT2D eigenvalue weighted by Gasteiger charge is 2.30. The van der Waals surface area contributed by atoms with Crippen LogP contribution in [0.5, 0.6) is 0 Å². The molecule has 168 valence electrons. The van der Waals surface area contributed by atoms with Crippen LogP contribution in [-0.4, -0.2) is 64.8 Å². The fourth-order valence-electron chi connectivity index (χ4n) is 4.15. The van der Waals surface area contributed by atoms with E-state index in [9.17, 15) is 14.9 Å². The molecule has 0 saturated carbocycles. The molecule has 2 amide bonds. The molecule has 10 heteroatoms. The van der Waals surface area contributed by atoms with Crippen LogP contribution in [0.15, 0.2) is 27.6 Å². The van der Waals surface area contributed by atoms with Crippen molar-refractivity contribution in [2.24, 2.45) is 4.99 Å². The largest absolute Gasteiger partial charge is 0.441 e. The number of aliphatic imine (C=N–C) groups is 1. The van der Waals surface area contributed by atoms with Gasteiger partial charge in [-0.3, -0.25) is 14.9 Å². The Kier molecular flexibility index (Phi) is 6.54. The molecule has 1 unspecified atom stereocenters. The molecule has 2 saturated heterocycles. The SMILES string of the molecule is Cc1nc2ccc(NC(=NC3CCCCN(CC(=O)N4CCCC4)C3=O)NC#N)cc2o1. The molecule has 1 atom stereocenters. The first-order chi connectivity index (χ1) is 15.5. The van der Waals surface area contributed by atoms with Crippen molar-refractivity contribution in [3.05, 3.63) is 24.1 Å². The van der Waals surface area contributed by atoms with E-state index >= 15 is 0 Å². The lowest BCUT2D eigenvalue weighted by atomic mass is 10.1. The van der Waals surface area contributed by atoms with Crippen LogP contribution in [-0.2, 0) is 9.59 Å². The van der Waals surface area contributed by atoms with Gasteiger partial charge < -0.3 is 19.5 Å². The van der Waals surface area contributed by atoms with E-state index in [1.165, 1.54) is 0 Å². The highest BCUT2D eigenvalue weighted by Crippen LogP contribution is 2.21. The zero-order valence-electron chi connectivity index (χ0n) is 18.1. The van der Waals surface area contributed by atoms with E-state index in [0.717, 1.165) is 44.3 Å². The van der Waals surface area contributed by atoms with Gasteiger partial charge in [-0.25, -0.2) is 9.98 Å². The van der Waals surface area contributed by atoms with E-state index in [1.807, 2.05) is 11.1 Å². The maximum Gasteiger partial charge on any atom is 0.247 e. The summed E-state index contributed by atoms with van der Waals surface area (Å²) in [6, 6.07) is 4.71. The van der Waals surface area contributed by atoms with Gasteiger partial charge in [-0.05, 0) is 44.2 Å². The summed E-state index contributed by atoms with van der Waals surface area (Å²) in [5.41, 5.74) is 2.00. The third-order valence-electron chi connectivity index (χ3n) is 5.75. The van der Waals surface area contributed by atoms with Gasteiger partial charge in [-0.2, -0.15) is 5.26 Å². The van der Waals surface area contributed by atoms with Gasteiger partial charge in [0, 0.05) is 38.3 Å². The molecule has 2 N–H and O–H groups in total. The first-order valence-electron chi connectivity index (χ1n) is 11.0. The summed E-state index contributed by atoms with van der Waals surface area (Å²) in [5.74, 6) is 0.544. The number of rotatable bonds is 4. The van der Waals surface area contributed by atoms with Crippen LogP contribution in [0.2, 0.25) is 0 Å². The number of nitriles is 1. The fraction of sp³-hybridized carbons (Fsp3) is 0.500. The Balaban J connectivity index is 1.49. The quantitative estimate of drug-likeness (QED) is 0.324. The number of aryl methyl sites for hydroxylation is 1. The smallest absolute Gasteiger partial charge is 0.247 e. The Bertz CT molecular complexity index is 1070. The van der Waals surface area contributed by atoms with E-state index < -0.39 is 6.04 Å². The number of oxazole rings is 1. The van der Waals surface area contributed by atoms with Gasteiger partial charge >= 0.3 is 0 Å². The van der Waals surface area contributed by atoms with Crippen LogP contribution >= 0.6 is 0 Å². The third kappa shape index (κ3) is 4.99. The highest BCUT2D eigenvalue weighted by atomic mass is 16.3. The molecule has 3 heterocycles. The van der Waals surface area contributed by atoms with Crippen LogP contribution in [0.4, 0.5) is 5.69 Å². The molecule has 10 nitrogen and oxygen atoms in total. The van der Waals surface area contributed by atoms with E-state index in [-0.39, 0.29) is 24.3 Å². The molecule has 2 aliphatic rings. The first kappa shape index (κ1) is 21.6. The summed E-state index contributed by atoms with van der Waals surface area (Å²) in [5, 5.41) is 14.8. The normalized spacial score (nSPS) is 19.7. The summed E-state index contributed by atoms with van der Waals surface area (Å²) >= 11 is 0. The topological polar surface area (TPSA) is 127 Å². The molecule has 0 bridgehead atoms. The number of hydrogen-bond donors (Lipinski definition) is 2. The molecule has 1 aromatic carbocycles. The standard InChI is InChI=1S/C22H27N7O3/c1-15-25-17-8-7-16(12-19(17)32-15)26-22(24-14-23)27-18-6-2-3-11-29(21(18)31)13-20(30)28-9-4-5-10-28/h7-8,12,18H,2-6,9-11,13H2,1H3,(H2,24,26,27). The first-order valence-corrected chi connectivity index (χ1v) is 11.0. The second kappa shape index (κ2) is 9.68. The number of likely N-dealkylation sites (tertiary alicyclic amines) is 2. The van der Waals surface area contributed by atoms with Gasteiger partial charge in [-0.1, -0.05) is 0 Å². The van der Waals surface area contributed by atoms with Crippen molar-refractivity contribution in [3.8, 4) is 6.19 Å². The fourth-order valence-corrected chi connectivity index (χ4v) is 4.15. The number of hydrogen-bond acceptors (Lipinski definition) is 6. The monoisotopic (exact) mass is 437 g/mol. The predicted octanol–water partition coefficient (Wildman–Crippen LogP) is 1.98. The average Bonchev–Trinajstić information content (AvgIpc) is 3.39. The number of anilines is 1. The van der Waals surface area contributed by atoms with E-state index in [2.05, 4.69) is 20.6 Å². The molecule has 2 aliphatic heterocycles. The van der Waals surface area contributed by atoms with Gasteiger partial charge in [0.1, 0.15) is 11.6 Å². The van der Waals surface area contributed by atoms with Gasteiger partial charge in [0.05, 0.1) is 6.54 Å². The number of guanidine groups is 1. The lowest BCUT2D eigenvalue weighted by Crippen LogP contribution is -2.45. The zero-order chi connectivity index (χ0) is 22.5. The Labute approximate surface area is 186 Å². The molecule has 0 spiro atoms. The van der Waals surface area contributed by atoms with E-state index in [4.69, 9.17) is 4.42 Å². The lowest BCUT2D eigenvalue weighted by molar-refractivity contribution is -0.140. The molecule has 1 aromatic heterocycles. The van der Waals surface area contributed by atoms with Crippen molar-refractivity contribution in [2.45, 2.75) is 45.1 Å². The molecule has 2 aromatic rings. The molecule has 0 aliphatic carbocycles. The number of nitrogens with one attached hydrogen (secondary N) is 2. The van der Waals surface area contributed by atoms with Gasteiger partial charge in [0.2, 0.25) is 17.8 Å². The Hall–Kier alpha value is -3.61. The molecule has 32 heavy (non-hydrogen) atoms. The minimum Gasteiger partial charge on any atom is -0.441 e. The number of carbonyl (C=O) groups excluding carboxylic acids is 2. The number of carbonyl (C=O) groups is 2. The number of aromatic nitrogens is 1. The average molecular weight is 438 g/mol. The van der Waals surface area contributed by atoms with Crippen molar-refractivity contribution < 1.29 is 14.0 Å². The maximum absolute atomic E-state index is 13.2. The minimum absolute atomic E-state index is 0.00960. The highest BCUT2D eigenvalue weighted by molar-refractivity contribution is 5.98. The Morgan fingerprint density at radius 2 is 2.06 bits per heavy atom. The summed E-state index contributed by atoms with van der Waals surface area (Å²) in [7, 11) is 0. The predicted molar refractivity (Wildman–Crippen MR) is 119 cm³/mol. The molecular formula is C22H27N7O3. The van der Waals surface area contributed by atoms with Crippen molar-refractivity contribution in [1.29, 1.82) is 5.26 Å². The number of amides is 2. The van der Waals surface area contributed by atoms with Crippen LogP contribution in [0, 0.1) is 18.4 Å². The van der Waals surface area contributed by atoms with Crippen molar-refractivity contribution >= 4 is 34.6 Å². The van der Waals surface area contributed by atoms with Crippen LogP contribution in [0.3, 0.4) is 0 Å². The molecular weight excluding hydrogens is 410 g/mol. The Morgan fingerprint density at radius 1 is 1.28 bits per heavy atom. The number of benzene rings is 1. The number of nitrogens with zero attached hydrogens (tertiary/aromatic N) is 5. The molecule has 0 radical (unpaired) electrons. The summed E-state index contributed by atoms with van der Waals surface area (Å²) in [6.07, 6.45) is 6.09. The zero-order valence-corrected chi connectivity index (χ0v) is 18.1. The van der Waals surface area contributed by atoms with Gasteiger partial charge in [0.15, 0.2) is 17.7 Å². The van der Waals surface area contributed by atoms with Crippen LogP contribution in [0.1, 0.15) is 38.0 Å². The third-order valence-corrected chi connectivity index (χ3v) is 5.75. The van der Waals surface area contributed by atoms with Crippen molar-refractivity contribution in [2.75, 3.05) is 31.5 Å². The maximum atomic E-state index is 13.2. The minimum atomic E-state index is -0.663. The van der Waals surface area contributed by atoms with Gasteiger partial charge in [0.25, 0.3) is 0 Å². The summed E-state index contributed by atoms with van der Waals surface area (Å²) in [6.45, 7) is 3.92. The second-order valence-electron chi connectivity index (χ2n) is 8.11.